The minimum atomic E-state index is 0.172. The molecule has 1 fully saturated rings. The van der Waals surface area contributed by atoms with E-state index in [1.54, 1.807) is 7.11 Å². The predicted molar refractivity (Wildman–Crippen MR) is 66.4 cm³/mol. The van der Waals surface area contributed by atoms with E-state index in [0.717, 1.165) is 19.3 Å². The Morgan fingerprint density at radius 3 is 2.44 bits per heavy atom. The summed E-state index contributed by atoms with van der Waals surface area (Å²) in [6.45, 7) is 7.36. The molecule has 0 aromatic heterocycles. The number of hydrogen-bond donors (Lipinski definition) is 0. The summed E-state index contributed by atoms with van der Waals surface area (Å²) < 4.78 is 5.03. The summed E-state index contributed by atoms with van der Waals surface area (Å²) in [4.78, 5) is 12.2. The maximum Gasteiger partial charge on any atom is 0.138 e. The minimum absolute atomic E-state index is 0.172. The van der Waals surface area contributed by atoms with Crippen molar-refractivity contribution in [2.75, 3.05) is 13.7 Å². The number of Topliss-reactive ketones (excluding diaryl/α,β-unsaturated/α-hetero) is 1. The van der Waals surface area contributed by atoms with E-state index in [4.69, 9.17) is 4.74 Å². The zero-order valence-electron chi connectivity index (χ0n) is 11.2. The first-order valence-corrected chi connectivity index (χ1v) is 6.49. The molecule has 94 valence electrons. The fourth-order valence-electron chi connectivity index (χ4n) is 2.52. The van der Waals surface area contributed by atoms with E-state index in [1.807, 2.05) is 6.92 Å². The lowest BCUT2D eigenvalue weighted by Crippen LogP contribution is -2.29. The van der Waals surface area contributed by atoms with E-state index in [9.17, 15) is 4.79 Å². The van der Waals surface area contributed by atoms with Gasteiger partial charge >= 0.3 is 0 Å². The molecule has 0 aliphatic heterocycles. The molecule has 0 heterocycles. The summed E-state index contributed by atoms with van der Waals surface area (Å²) >= 11 is 0. The van der Waals surface area contributed by atoms with E-state index in [-0.39, 0.29) is 5.92 Å². The lowest BCUT2D eigenvalue weighted by atomic mass is 9.70. The summed E-state index contributed by atoms with van der Waals surface area (Å²) in [7, 11) is 1.69. The van der Waals surface area contributed by atoms with Crippen LogP contribution in [0.2, 0.25) is 0 Å². The fourth-order valence-corrected chi connectivity index (χ4v) is 2.52. The third kappa shape index (κ3) is 3.89. The third-order valence-corrected chi connectivity index (χ3v) is 3.98. The second-order valence-corrected chi connectivity index (χ2v) is 6.02. The number of rotatable bonds is 5. The molecule has 16 heavy (non-hydrogen) atoms. The quantitative estimate of drug-likeness (QED) is 0.717. The standard InChI is InChI=1S/C14H26O2/c1-11(7-10-16-4)13(15)12-5-8-14(2,3)9-6-12/h11-12H,5-10H2,1-4H3. The Balaban J connectivity index is 2.38. The Morgan fingerprint density at radius 1 is 1.38 bits per heavy atom. The van der Waals surface area contributed by atoms with Gasteiger partial charge in [-0.05, 0) is 37.5 Å². The summed E-state index contributed by atoms with van der Waals surface area (Å²) in [5.74, 6) is 0.957. The molecule has 1 aliphatic carbocycles. The Bertz CT molecular complexity index is 223. The van der Waals surface area contributed by atoms with Crippen LogP contribution in [0.1, 0.15) is 52.9 Å². The summed E-state index contributed by atoms with van der Waals surface area (Å²) in [5.41, 5.74) is 0.451. The van der Waals surface area contributed by atoms with Gasteiger partial charge in [0.2, 0.25) is 0 Å². The molecule has 0 aromatic rings. The molecule has 0 N–H and O–H groups in total. The minimum Gasteiger partial charge on any atom is -0.385 e. The van der Waals surface area contributed by atoms with E-state index >= 15 is 0 Å². The van der Waals surface area contributed by atoms with Crippen LogP contribution in [-0.4, -0.2) is 19.5 Å². The molecule has 0 bridgehead atoms. The molecule has 0 saturated heterocycles. The van der Waals surface area contributed by atoms with Crippen molar-refractivity contribution in [3.63, 3.8) is 0 Å². The Kier molecular flexibility index (Phi) is 4.97. The van der Waals surface area contributed by atoms with Gasteiger partial charge in [0.05, 0.1) is 0 Å². The van der Waals surface area contributed by atoms with Crippen LogP contribution in [0.4, 0.5) is 0 Å². The topological polar surface area (TPSA) is 26.3 Å². The van der Waals surface area contributed by atoms with Gasteiger partial charge in [-0.25, -0.2) is 0 Å². The van der Waals surface area contributed by atoms with Crippen molar-refractivity contribution in [1.82, 2.24) is 0 Å². The normalized spacial score (nSPS) is 23.0. The van der Waals surface area contributed by atoms with Gasteiger partial charge in [0, 0.05) is 25.6 Å². The van der Waals surface area contributed by atoms with Gasteiger partial charge in [-0.1, -0.05) is 20.8 Å². The lowest BCUT2D eigenvalue weighted by molar-refractivity contribution is -0.128. The SMILES string of the molecule is COCCC(C)C(=O)C1CCC(C)(C)CC1. The van der Waals surface area contributed by atoms with Crippen molar-refractivity contribution in [1.29, 1.82) is 0 Å². The molecular formula is C14H26O2. The number of carbonyl (C=O) groups is 1. The molecule has 0 aromatic carbocycles. The van der Waals surface area contributed by atoms with Crippen molar-refractivity contribution >= 4 is 5.78 Å². The van der Waals surface area contributed by atoms with Crippen molar-refractivity contribution < 1.29 is 9.53 Å². The molecule has 1 unspecified atom stereocenters. The fraction of sp³-hybridized carbons (Fsp3) is 0.929. The molecule has 0 spiro atoms. The van der Waals surface area contributed by atoms with Crippen molar-refractivity contribution in [2.45, 2.75) is 52.9 Å². The number of carbonyl (C=O) groups excluding carboxylic acids is 1. The molecule has 2 heteroatoms. The van der Waals surface area contributed by atoms with Crippen molar-refractivity contribution in [3.8, 4) is 0 Å². The summed E-state index contributed by atoms with van der Waals surface area (Å²) in [6, 6.07) is 0. The van der Waals surface area contributed by atoms with Crippen LogP contribution < -0.4 is 0 Å². The molecule has 2 nitrogen and oxygen atoms in total. The number of ether oxygens (including phenoxy) is 1. The molecule has 0 radical (unpaired) electrons. The number of ketones is 1. The predicted octanol–water partition coefficient (Wildman–Crippen LogP) is 3.44. The highest BCUT2D eigenvalue weighted by molar-refractivity contribution is 5.83. The maximum atomic E-state index is 12.2. The average Bonchev–Trinajstić information content (AvgIpc) is 2.25. The largest absolute Gasteiger partial charge is 0.385 e. The molecule has 1 rings (SSSR count). The van der Waals surface area contributed by atoms with Crippen LogP contribution in [0.15, 0.2) is 0 Å². The first-order valence-electron chi connectivity index (χ1n) is 6.49. The third-order valence-electron chi connectivity index (χ3n) is 3.98. The van der Waals surface area contributed by atoms with Gasteiger partial charge in [0.1, 0.15) is 5.78 Å². The highest BCUT2D eigenvalue weighted by atomic mass is 16.5. The van der Waals surface area contributed by atoms with Gasteiger partial charge < -0.3 is 4.74 Å². The van der Waals surface area contributed by atoms with Crippen LogP contribution in [0.25, 0.3) is 0 Å². The molecule has 1 saturated carbocycles. The van der Waals surface area contributed by atoms with Crippen LogP contribution >= 0.6 is 0 Å². The van der Waals surface area contributed by atoms with Gasteiger partial charge in [-0.3, -0.25) is 4.79 Å². The molecule has 1 aliphatic rings. The number of hydrogen-bond acceptors (Lipinski definition) is 2. The molecular weight excluding hydrogens is 200 g/mol. The summed E-state index contributed by atoms with van der Waals surface area (Å²) in [6.07, 6.45) is 5.43. The van der Waals surface area contributed by atoms with E-state index in [0.29, 0.717) is 23.7 Å². The second kappa shape index (κ2) is 5.81. The monoisotopic (exact) mass is 226 g/mol. The first-order chi connectivity index (χ1) is 7.46. The van der Waals surface area contributed by atoms with Crippen LogP contribution in [0, 0.1) is 17.3 Å². The second-order valence-electron chi connectivity index (χ2n) is 6.02. The molecule has 0 amide bonds. The zero-order chi connectivity index (χ0) is 12.2. The van der Waals surface area contributed by atoms with E-state index in [2.05, 4.69) is 13.8 Å². The van der Waals surface area contributed by atoms with Gasteiger partial charge in [0.25, 0.3) is 0 Å². The van der Waals surface area contributed by atoms with Crippen LogP contribution in [0.3, 0.4) is 0 Å². The van der Waals surface area contributed by atoms with Crippen molar-refractivity contribution in [3.05, 3.63) is 0 Å². The lowest BCUT2D eigenvalue weighted by Gasteiger charge is -2.34. The van der Waals surface area contributed by atoms with Gasteiger partial charge in [-0.15, -0.1) is 0 Å². The smallest absolute Gasteiger partial charge is 0.138 e. The Morgan fingerprint density at radius 2 is 1.94 bits per heavy atom. The van der Waals surface area contributed by atoms with E-state index < -0.39 is 0 Å². The highest BCUT2D eigenvalue weighted by Crippen LogP contribution is 2.39. The highest BCUT2D eigenvalue weighted by Gasteiger charge is 2.32. The molecule has 1 atom stereocenters. The van der Waals surface area contributed by atoms with Gasteiger partial charge in [0.15, 0.2) is 0 Å². The van der Waals surface area contributed by atoms with E-state index in [1.165, 1.54) is 12.8 Å². The Hall–Kier alpha value is -0.370. The first kappa shape index (κ1) is 13.7. The van der Waals surface area contributed by atoms with Gasteiger partial charge in [-0.2, -0.15) is 0 Å². The Labute approximate surface area is 99.8 Å². The van der Waals surface area contributed by atoms with Crippen LogP contribution in [-0.2, 0) is 9.53 Å². The average molecular weight is 226 g/mol. The maximum absolute atomic E-state index is 12.2. The van der Waals surface area contributed by atoms with Crippen molar-refractivity contribution in [2.24, 2.45) is 17.3 Å². The van der Waals surface area contributed by atoms with Crippen LogP contribution in [0.5, 0.6) is 0 Å². The zero-order valence-corrected chi connectivity index (χ0v) is 11.2. The number of methoxy groups -OCH3 is 1. The summed E-state index contributed by atoms with van der Waals surface area (Å²) in [5, 5.41) is 0.